The quantitative estimate of drug-likeness (QED) is 0.144. The molecule has 0 radical (unpaired) electrons. The molecule has 3 unspecified atom stereocenters. The number of aryl methyl sites for hydroxylation is 1. The van der Waals surface area contributed by atoms with Gasteiger partial charge in [-0.2, -0.15) is 0 Å². The van der Waals surface area contributed by atoms with Gasteiger partial charge in [0.2, 0.25) is 17.7 Å². The van der Waals surface area contributed by atoms with Crippen molar-refractivity contribution in [2.45, 2.75) is 51.6 Å². The number of ether oxygens (including phenoxy) is 1. The van der Waals surface area contributed by atoms with Gasteiger partial charge in [0.1, 0.15) is 29.7 Å². The molecule has 0 aliphatic carbocycles. The summed E-state index contributed by atoms with van der Waals surface area (Å²) in [5, 5.41) is 16.9. The molecule has 0 heterocycles. The van der Waals surface area contributed by atoms with Gasteiger partial charge in [0, 0.05) is 11.8 Å². The molecule has 10 heteroatoms. The Hall–Kier alpha value is -4.99. The van der Waals surface area contributed by atoms with Crippen molar-refractivity contribution < 1.29 is 33.8 Å². The van der Waals surface area contributed by atoms with E-state index in [0.717, 1.165) is 5.56 Å². The van der Waals surface area contributed by atoms with Crippen LogP contribution in [-0.4, -0.2) is 47.2 Å². The van der Waals surface area contributed by atoms with E-state index < -0.39 is 48.1 Å². The smallest absolute Gasteiger partial charge is 0.305 e. The minimum absolute atomic E-state index is 0.0837. The highest BCUT2D eigenvalue weighted by Crippen LogP contribution is 2.24. The van der Waals surface area contributed by atoms with Gasteiger partial charge in [-0.05, 0) is 55.0 Å². The molecule has 43 heavy (non-hydrogen) atoms. The molecule has 0 bridgehead atoms. The van der Waals surface area contributed by atoms with Gasteiger partial charge in [0.25, 0.3) is 0 Å². The number of hydrogen-bond donors (Lipinski definition) is 4. The SMILES string of the molecule is CC(C)CC(C(=O)NC(C=O)CC(=O)O)C(=O)NC(CCc1ccccc1)C(=O)Nc1cccc(Oc2ccccc2)c1. The monoisotopic (exact) mass is 587 g/mol. The largest absolute Gasteiger partial charge is 0.481 e. The van der Waals surface area contributed by atoms with Crippen LogP contribution < -0.4 is 20.7 Å². The molecule has 226 valence electrons. The van der Waals surface area contributed by atoms with E-state index >= 15 is 0 Å². The molecule has 0 aromatic heterocycles. The van der Waals surface area contributed by atoms with Gasteiger partial charge in [0.05, 0.1) is 12.5 Å². The van der Waals surface area contributed by atoms with Gasteiger partial charge in [-0.1, -0.05) is 68.4 Å². The highest BCUT2D eigenvalue weighted by atomic mass is 16.5. The van der Waals surface area contributed by atoms with Crippen LogP contribution in [0.15, 0.2) is 84.9 Å². The molecular weight excluding hydrogens is 550 g/mol. The first-order valence-corrected chi connectivity index (χ1v) is 14.1. The van der Waals surface area contributed by atoms with E-state index in [9.17, 15) is 24.0 Å². The molecule has 3 amide bonds. The molecule has 3 aromatic carbocycles. The van der Waals surface area contributed by atoms with Crippen LogP contribution in [0.25, 0.3) is 0 Å². The fraction of sp³-hybridized carbons (Fsp3) is 0.303. The summed E-state index contributed by atoms with van der Waals surface area (Å²) in [5.41, 5.74) is 1.42. The van der Waals surface area contributed by atoms with E-state index in [1.807, 2.05) is 74.5 Å². The van der Waals surface area contributed by atoms with Gasteiger partial charge in [-0.25, -0.2) is 0 Å². The third-order valence-electron chi connectivity index (χ3n) is 6.50. The van der Waals surface area contributed by atoms with Crippen LogP contribution in [-0.2, 0) is 30.4 Å². The summed E-state index contributed by atoms with van der Waals surface area (Å²) in [5.74, 6) is -3.41. The number of aliphatic carboxylic acids is 1. The van der Waals surface area contributed by atoms with Crippen molar-refractivity contribution >= 4 is 35.7 Å². The van der Waals surface area contributed by atoms with Crippen molar-refractivity contribution in [2.75, 3.05) is 5.32 Å². The number of carboxylic acids is 1. The first kappa shape index (κ1) is 32.5. The molecule has 10 nitrogen and oxygen atoms in total. The number of rotatable bonds is 16. The maximum Gasteiger partial charge on any atom is 0.305 e. The summed E-state index contributed by atoms with van der Waals surface area (Å²) >= 11 is 0. The molecule has 0 saturated carbocycles. The van der Waals surface area contributed by atoms with E-state index in [1.165, 1.54) is 0 Å². The second-order valence-electron chi connectivity index (χ2n) is 10.5. The van der Waals surface area contributed by atoms with Crippen LogP contribution in [0, 0.1) is 11.8 Å². The van der Waals surface area contributed by atoms with Crippen molar-refractivity contribution in [1.82, 2.24) is 10.6 Å². The molecular formula is C33H37N3O7. The molecule has 0 saturated heterocycles. The number of amides is 3. The summed E-state index contributed by atoms with van der Waals surface area (Å²) in [6, 6.07) is 23.2. The van der Waals surface area contributed by atoms with Gasteiger partial charge in [-0.3, -0.25) is 19.2 Å². The van der Waals surface area contributed by atoms with Crippen LogP contribution in [0.3, 0.4) is 0 Å². The van der Waals surface area contributed by atoms with E-state index in [2.05, 4.69) is 16.0 Å². The van der Waals surface area contributed by atoms with Gasteiger partial charge in [-0.15, -0.1) is 0 Å². The molecule has 4 N–H and O–H groups in total. The highest BCUT2D eigenvalue weighted by molar-refractivity contribution is 6.04. The minimum atomic E-state index is -1.28. The normalized spacial score (nSPS) is 12.8. The zero-order valence-electron chi connectivity index (χ0n) is 24.2. The molecule has 3 rings (SSSR count). The van der Waals surface area contributed by atoms with Crippen LogP contribution >= 0.6 is 0 Å². The predicted molar refractivity (Wildman–Crippen MR) is 161 cm³/mol. The number of benzene rings is 3. The Morgan fingerprint density at radius 2 is 1.44 bits per heavy atom. The Morgan fingerprint density at radius 3 is 2.07 bits per heavy atom. The lowest BCUT2D eigenvalue weighted by molar-refractivity contribution is -0.140. The second-order valence-corrected chi connectivity index (χ2v) is 10.5. The van der Waals surface area contributed by atoms with E-state index in [4.69, 9.17) is 9.84 Å². The van der Waals surface area contributed by atoms with E-state index in [1.54, 1.807) is 24.3 Å². The van der Waals surface area contributed by atoms with Crippen molar-refractivity contribution in [1.29, 1.82) is 0 Å². The van der Waals surface area contributed by atoms with Crippen molar-refractivity contribution in [3.8, 4) is 11.5 Å². The third-order valence-corrected chi connectivity index (χ3v) is 6.50. The number of carboxylic acid groups (broad SMARTS) is 1. The van der Waals surface area contributed by atoms with E-state index in [0.29, 0.717) is 29.9 Å². The van der Waals surface area contributed by atoms with Crippen LogP contribution in [0.5, 0.6) is 11.5 Å². The summed E-state index contributed by atoms with van der Waals surface area (Å²) in [4.78, 5) is 62.4. The van der Waals surface area contributed by atoms with Crippen molar-refractivity contribution in [2.24, 2.45) is 11.8 Å². The van der Waals surface area contributed by atoms with Gasteiger partial charge < -0.3 is 30.6 Å². The van der Waals surface area contributed by atoms with Crippen LogP contribution in [0.4, 0.5) is 5.69 Å². The zero-order valence-corrected chi connectivity index (χ0v) is 24.2. The summed E-state index contributed by atoms with van der Waals surface area (Å²) in [6.07, 6.45) is 0.557. The van der Waals surface area contributed by atoms with E-state index in [-0.39, 0.29) is 18.8 Å². The second kappa shape index (κ2) is 16.5. The maximum atomic E-state index is 13.5. The lowest BCUT2D eigenvalue weighted by atomic mass is 9.94. The lowest BCUT2D eigenvalue weighted by Gasteiger charge is -2.24. The lowest BCUT2D eigenvalue weighted by Crippen LogP contribution is -2.51. The maximum absolute atomic E-state index is 13.5. The summed E-state index contributed by atoms with van der Waals surface area (Å²) in [7, 11) is 0. The highest BCUT2D eigenvalue weighted by Gasteiger charge is 2.32. The average molecular weight is 588 g/mol. The number of carbonyl (C=O) groups excluding carboxylic acids is 4. The van der Waals surface area contributed by atoms with Crippen LogP contribution in [0.1, 0.15) is 38.7 Å². The minimum Gasteiger partial charge on any atom is -0.481 e. The third kappa shape index (κ3) is 11.1. The number of nitrogens with one attached hydrogen (secondary N) is 3. The molecule has 0 fully saturated rings. The molecule has 3 atom stereocenters. The zero-order chi connectivity index (χ0) is 31.2. The Labute approximate surface area is 250 Å². The fourth-order valence-corrected chi connectivity index (χ4v) is 4.40. The number of aldehydes is 1. The van der Waals surface area contributed by atoms with Crippen LogP contribution in [0.2, 0.25) is 0 Å². The number of hydrogen-bond acceptors (Lipinski definition) is 6. The Bertz CT molecular complexity index is 1380. The van der Waals surface area contributed by atoms with Gasteiger partial charge >= 0.3 is 5.97 Å². The molecule has 0 spiro atoms. The molecule has 0 aliphatic rings. The van der Waals surface area contributed by atoms with Gasteiger partial charge in [0.15, 0.2) is 0 Å². The number of carbonyl (C=O) groups is 5. The average Bonchev–Trinajstić information content (AvgIpc) is 2.98. The summed E-state index contributed by atoms with van der Waals surface area (Å²) in [6.45, 7) is 3.65. The first-order valence-electron chi connectivity index (χ1n) is 14.1. The standard InChI is InChI=1S/C33H37N3O7/c1-22(2)18-28(31(40)35-25(21-37)20-30(38)39)32(41)36-29(17-16-23-10-5-3-6-11-23)33(42)34-24-12-9-15-27(19-24)43-26-13-7-4-8-14-26/h3-15,19,21-22,25,28-29H,16-18,20H2,1-2H3,(H,34,42)(H,35,40)(H,36,41)(H,38,39). The first-order chi connectivity index (χ1) is 20.6. The molecule has 3 aromatic rings. The summed E-state index contributed by atoms with van der Waals surface area (Å²) < 4.78 is 5.86. The Balaban J connectivity index is 1.78. The topological polar surface area (TPSA) is 151 Å². The predicted octanol–water partition coefficient (Wildman–Crippen LogP) is 4.36. The Morgan fingerprint density at radius 1 is 0.814 bits per heavy atom. The van der Waals surface area contributed by atoms with Crippen molar-refractivity contribution in [3.05, 3.63) is 90.5 Å². The number of para-hydroxylation sites is 1. The fourth-order valence-electron chi connectivity index (χ4n) is 4.40. The Kier molecular flexibility index (Phi) is 12.4. The van der Waals surface area contributed by atoms with Crippen molar-refractivity contribution in [3.63, 3.8) is 0 Å². The molecule has 0 aliphatic heterocycles. The number of anilines is 1.